The van der Waals surface area contributed by atoms with E-state index in [0.29, 0.717) is 5.92 Å². The highest BCUT2D eigenvalue weighted by Crippen LogP contribution is 2.28. The molecular formula is C10H19NO2S. The van der Waals surface area contributed by atoms with Crippen molar-refractivity contribution in [2.24, 2.45) is 5.92 Å². The fourth-order valence-corrected chi connectivity index (χ4v) is 2.51. The molecule has 0 bridgehead atoms. The number of aliphatic carboxylic acids is 1. The second kappa shape index (κ2) is 5.03. The lowest BCUT2D eigenvalue weighted by Crippen LogP contribution is -2.34. The molecule has 0 aromatic heterocycles. The van der Waals surface area contributed by atoms with E-state index < -0.39 is 10.7 Å². The van der Waals surface area contributed by atoms with Crippen LogP contribution in [0.2, 0.25) is 0 Å². The Morgan fingerprint density at radius 2 is 2.36 bits per heavy atom. The molecule has 1 aliphatic heterocycles. The predicted molar refractivity (Wildman–Crippen MR) is 59.8 cm³/mol. The molecule has 2 N–H and O–H groups in total. The van der Waals surface area contributed by atoms with Crippen molar-refractivity contribution in [3.8, 4) is 0 Å². The third-order valence-corrected chi connectivity index (χ3v) is 4.13. The van der Waals surface area contributed by atoms with E-state index in [2.05, 4.69) is 5.32 Å². The quantitative estimate of drug-likeness (QED) is 0.750. The van der Waals surface area contributed by atoms with Crippen molar-refractivity contribution < 1.29 is 9.90 Å². The van der Waals surface area contributed by atoms with Gasteiger partial charge in [-0.1, -0.05) is 0 Å². The molecule has 0 aromatic carbocycles. The Kier molecular flexibility index (Phi) is 4.26. The van der Waals surface area contributed by atoms with Crippen molar-refractivity contribution in [1.29, 1.82) is 0 Å². The fourth-order valence-electron chi connectivity index (χ4n) is 1.45. The topological polar surface area (TPSA) is 49.3 Å². The van der Waals surface area contributed by atoms with E-state index in [4.69, 9.17) is 5.11 Å². The Bertz CT molecular complexity index is 200. The van der Waals surface area contributed by atoms with Gasteiger partial charge in [-0.3, -0.25) is 4.79 Å². The van der Waals surface area contributed by atoms with Crippen LogP contribution in [-0.2, 0) is 4.79 Å². The SMILES string of the molecule is CC(C)(SCC1CCCNC1)C(=O)O. The van der Waals surface area contributed by atoms with E-state index >= 15 is 0 Å². The fraction of sp³-hybridized carbons (Fsp3) is 0.900. The van der Waals surface area contributed by atoms with Gasteiger partial charge in [0, 0.05) is 0 Å². The molecule has 3 nitrogen and oxygen atoms in total. The largest absolute Gasteiger partial charge is 0.480 e. The maximum absolute atomic E-state index is 10.9. The molecule has 1 unspecified atom stereocenters. The zero-order valence-electron chi connectivity index (χ0n) is 8.88. The Balaban J connectivity index is 2.28. The van der Waals surface area contributed by atoms with Crippen LogP contribution in [0.25, 0.3) is 0 Å². The van der Waals surface area contributed by atoms with E-state index in [-0.39, 0.29) is 0 Å². The Morgan fingerprint density at radius 1 is 1.64 bits per heavy atom. The van der Waals surface area contributed by atoms with Gasteiger partial charge in [0.05, 0.1) is 0 Å². The highest BCUT2D eigenvalue weighted by atomic mass is 32.2. The van der Waals surface area contributed by atoms with Gasteiger partial charge in [-0.2, -0.15) is 0 Å². The smallest absolute Gasteiger partial charge is 0.319 e. The monoisotopic (exact) mass is 217 g/mol. The Hall–Kier alpha value is -0.220. The minimum atomic E-state index is -0.716. The zero-order chi connectivity index (χ0) is 10.6. The zero-order valence-corrected chi connectivity index (χ0v) is 9.69. The van der Waals surface area contributed by atoms with Gasteiger partial charge < -0.3 is 10.4 Å². The van der Waals surface area contributed by atoms with Gasteiger partial charge in [0.25, 0.3) is 0 Å². The summed E-state index contributed by atoms with van der Waals surface area (Å²) in [5.74, 6) is 0.880. The summed E-state index contributed by atoms with van der Waals surface area (Å²) in [4.78, 5) is 10.9. The van der Waals surface area contributed by atoms with Gasteiger partial charge in [0.1, 0.15) is 4.75 Å². The maximum atomic E-state index is 10.9. The summed E-state index contributed by atoms with van der Waals surface area (Å²) in [5, 5.41) is 12.3. The van der Waals surface area contributed by atoms with Gasteiger partial charge in [-0.25, -0.2) is 0 Å². The van der Waals surface area contributed by atoms with Crippen LogP contribution in [-0.4, -0.2) is 34.7 Å². The summed E-state index contributed by atoms with van der Waals surface area (Å²) in [5.41, 5.74) is 0. The van der Waals surface area contributed by atoms with Crippen molar-refractivity contribution in [3.05, 3.63) is 0 Å². The molecule has 0 saturated carbocycles. The molecule has 0 aliphatic carbocycles. The molecule has 0 amide bonds. The summed E-state index contributed by atoms with van der Waals surface area (Å²) >= 11 is 1.55. The number of carbonyl (C=O) groups is 1. The van der Waals surface area contributed by atoms with Gasteiger partial charge in [-0.15, -0.1) is 11.8 Å². The van der Waals surface area contributed by atoms with Crippen molar-refractivity contribution in [3.63, 3.8) is 0 Å². The van der Waals surface area contributed by atoms with Crippen LogP contribution in [0.3, 0.4) is 0 Å². The van der Waals surface area contributed by atoms with E-state index in [1.54, 1.807) is 25.6 Å². The highest BCUT2D eigenvalue weighted by Gasteiger charge is 2.28. The average molecular weight is 217 g/mol. The second-order valence-corrected chi connectivity index (χ2v) is 5.98. The minimum Gasteiger partial charge on any atom is -0.480 e. The number of hydrogen-bond acceptors (Lipinski definition) is 3. The molecule has 1 atom stereocenters. The van der Waals surface area contributed by atoms with Crippen LogP contribution in [0.15, 0.2) is 0 Å². The van der Waals surface area contributed by atoms with Crippen LogP contribution in [0, 0.1) is 5.92 Å². The number of rotatable bonds is 4. The molecule has 82 valence electrons. The number of carboxylic acid groups (broad SMARTS) is 1. The van der Waals surface area contributed by atoms with Crippen molar-refractivity contribution in [1.82, 2.24) is 5.32 Å². The van der Waals surface area contributed by atoms with Crippen molar-refractivity contribution >= 4 is 17.7 Å². The molecular weight excluding hydrogens is 198 g/mol. The molecule has 1 rings (SSSR count). The third-order valence-electron chi connectivity index (χ3n) is 2.59. The molecule has 0 radical (unpaired) electrons. The van der Waals surface area contributed by atoms with Crippen LogP contribution in [0.1, 0.15) is 26.7 Å². The van der Waals surface area contributed by atoms with Crippen molar-refractivity contribution in [2.45, 2.75) is 31.4 Å². The molecule has 1 saturated heterocycles. The van der Waals surface area contributed by atoms with Gasteiger partial charge in [-0.05, 0) is 51.4 Å². The van der Waals surface area contributed by atoms with E-state index in [9.17, 15) is 4.79 Å². The molecule has 4 heteroatoms. The number of nitrogens with one attached hydrogen (secondary N) is 1. The number of thioether (sulfide) groups is 1. The van der Waals surface area contributed by atoms with Crippen LogP contribution < -0.4 is 5.32 Å². The first-order chi connectivity index (χ1) is 6.52. The molecule has 1 heterocycles. The first-order valence-electron chi connectivity index (χ1n) is 5.10. The highest BCUT2D eigenvalue weighted by molar-refractivity contribution is 8.01. The number of piperidine rings is 1. The van der Waals surface area contributed by atoms with Crippen molar-refractivity contribution in [2.75, 3.05) is 18.8 Å². The summed E-state index contributed by atoms with van der Waals surface area (Å²) in [6, 6.07) is 0. The first-order valence-corrected chi connectivity index (χ1v) is 6.09. The Morgan fingerprint density at radius 3 is 2.86 bits per heavy atom. The summed E-state index contributed by atoms with van der Waals surface area (Å²) < 4.78 is -0.641. The van der Waals surface area contributed by atoms with E-state index in [0.717, 1.165) is 18.8 Å². The average Bonchev–Trinajstić information content (AvgIpc) is 2.16. The molecule has 14 heavy (non-hydrogen) atoms. The predicted octanol–water partition coefficient (Wildman–Crippen LogP) is 1.58. The first kappa shape index (κ1) is 11.9. The normalized spacial score (nSPS) is 23.4. The van der Waals surface area contributed by atoms with Gasteiger partial charge >= 0.3 is 5.97 Å². The van der Waals surface area contributed by atoms with Crippen LogP contribution in [0.5, 0.6) is 0 Å². The summed E-state index contributed by atoms with van der Waals surface area (Å²) in [6.07, 6.45) is 2.45. The maximum Gasteiger partial charge on any atom is 0.319 e. The second-order valence-electron chi connectivity index (χ2n) is 4.34. The lowest BCUT2D eigenvalue weighted by molar-refractivity contribution is -0.138. The lowest BCUT2D eigenvalue weighted by atomic mass is 10.0. The number of carboxylic acids is 1. The van der Waals surface area contributed by atoms with Gasteiger partial charge in [0.15, 0.2) is 0 Å². The number of hydrogen-bond donors (Lipinski definition) is 2. The standard InChI is InChI=1S/C10H19NO2S/c1-10(2,9(12)13)14-7-8-4-3-5-11-6-8/h8,11H,3-7H2,1-2H3,(H,12,13). The molecule has 1 fully saturated rings. The third kappa shape index (κ3) is 3.50. The van der Waals surface area contributed by atoms with E-state index in [1.807, 2.05) is 0 Å². The molecule has 1 aliphatic rings. The van der Waals surface area contributed by atoms with Crippen LogP contribution >= 0.6 is 11.8 Å². The summed E-state index contributed by atoms with van der Waals surface area (Å²) in [7, 11) is 0. The molecule has 0 spiro atoms. The Labute approximate surface area is 89.6 Å². The van der Waals surface area contributed by atoms with E-state index in [1.165, 1.54) is 12.8 Å². The van der Waals surface area contributed by atoms with Gasteiger partial charge in [0.2, 0.25) is 0 Å². The molecule has 0 aromatic rings. The lowest BCUT2D eigenvalue weighted by Gasteiger charge is -2.26. The summed E-state index contributed by atoms with van der Waals surface area (Å²) in [6.45, 7) is 5.71. The van der Waals surface area contributed by atoms with Crippen LogP contribution in [0.4, 0.5) is 0 Å². The minimum absolute atomic E-state index is 0.641.